The minimum Gasteiger partial charge on any atom is -0.389 e. The third-order valence-electron chi connectivity index (χ3n) is 1.44. The largest absolute Gasteiger partial charge is 0.389 e. The normalized spacial score (nSPS) is 16.0. The summed E-state index contributed by atoms with van der Waals surface area (Å²) in [5, 5.41) is 18.1. The van der Waals surface area contributed by atoms with Crippen molar-refractivity contribution in [3.05, 3.63) is 12.2 Å². The van der Waals surface area contributed by atoms with Crippen molar-refractivity contribution < 1.29 is 28.0 Å². The van der Waals surface area contributed by atoms with Gasteiger partial charge in [0.05, 0.1) is 0 Å². The lowest BCUT2D eigenvalue weighted by atomic mass is 10.1. The highest BCUT2D eigenvalue weighted by Crippen LogP contribution is 2.04. The highest BCUT2D eigenvalue weighted by Gasteiger charge is 2.28. The van der Waals surface area contributed by atoms with Crippen LogP contribution in [0.2, 0.25) is 0 Å². The van der Waals surface area contributed by atoms with Gasteiger partial charge in [0.2, 0.25) is 0 Å². The Labute approximate surface area is 81.6 Å². The van der Waals surface area contributed by atoms with Crippen molar-refractivity contribution >= 4 is 15.9 Å². The van der Waals surface area contributed by atoms with E-state index < -0.39 is 33.9 Å². The second kappa shape index (κ2) is 4.65. The number of rotatable bonds is 5. The third kappa shape index (κ3) is 4.47. The molecule has 0 saturated heterocycles. The summed E-state index contributed by atoms with van der Waals surface area (Å²) in [6.07, 6.45) is -3.73. The molecule has 0 aromatic rings. The van der Waals surface area contributed by atoms with Crippen LogP contribution in [0.4, 0.5) is 0 Å². The quantitative estimate of drug-likeness (QED) is 0.397. The first-order chi connectivity index (χ1) is 6.15. The number of carbonyl (C=O) groups is 1. The summed E-state index contributed by atoms with van der Waals surface area (Å²) in [5.41, 5.74) is -0.00751. The highest BCUT2D eigenvalue weighted by atomic mass is 32.2. The lowest BCUT2D eigenvalue weighted by Crippen LogP contribution is -2.38. The molecule has 0 fully saturated rings. The molecule has 0 rings (SSSR count). The van der Waals surface area contributed by atoms with E-state index in [0.717, 1.165) is 0 Å². The molecule has 3 N–H and O–H groups in total. The van der Waals surface area contributed by atoms with Crippen LogP contribution in [-0.4, -0.2) is 46.9 Å². The van der Waals surface area contributed by atoms with Gasteiger partial charge in [-0.15, -0.1) is 0 Å². The van der Waals surface area contributed by atoms with Gasteiger partial charge in [-0.1, -0.05) is 6.58 Å². The van der Waals surface area contributed by atoms with Gasteiger partial charge in [0.1, 0.15) is 18.0 Å². The van der Waals surface area contributed by atoms with E-state index >= 15 is 0 Å². The third-order valence-corrected chi connectivity index (χ3v) is 2.20. The number of hydrogen-bond acceptors (Lipinski definition) is 5. The predicted molar refractivity (Wildman–Crippen MR) is 48.3 cm³/mol. The summed E-state index contributed by atoms with van der Waals surface area (Å²) < 4.78 is 28.9. The van der Waals surface area contributed by atoms with E-state index in [-0.39, 0.29) is 5.57 Å². The number of aliphatic hydroxyl groups excluding tert-OH is 2. The molecule has 0 saturated carbocycles. The maximum absolute atomic E-state index is 11.0. The molecule has 0 aliphatic carbocycles. The molecule has 6 nitrogen and oxygen atoms in total. The maximum Gasteiger partial charge on any atom is 0.267 e. The molecule has 82 valence electrons. The number of aliphatic hydroxyl groups is 2. The second-order valence-electron chi connectivity index (χ2n) is 2.91. The highest BCUT2D eigenvalue weighted by molar-refractivity contribution is 7.85. The van der Waals surface area contributed by atoms with Crippen molar-refractivity contribution in [1.82, 2.24) is 0 Å². The summed E-state index contributed by atoms with van der Waals surface area (Å²) in [7, 11) is -4.42. The molecule has 0 spiro atoms. The summed E-state index contributed by atoms with van der Waals surface area (Å²) in [6.45, 7) is 4.53. The summed E-state index contributed by atoms with van der Waals surface area (Å²) >= 11 is 0. The van der Waals surface area contributed by atoms with Crippen LogP contribution in [-0.2, 0) is 14.9 Å². The number of hydrogen-bond donors (Lipinski definition) is 3. The van der Waals surface area contributed by atoms with Crippen LogP contribution >= 0.6 is 0 Å². The van der Waals surface area contributed by atoms with Crippen LogP contribution in [0.15, 0.2) is 12.2 Å². The molecular formula is C7H12O6S. The van der Waals surface area contributed by atoms with Crippen LogP contribution in [0.25, 0.3) is 0 Å². The van der Waals surface area contributed by atoms with E-state index in [1.807, 2.05) is 0 Å². The Bertz CT molecular complexity index is 330. The molecule has 0 aromatic heterocycles. The monoisotopic (exact) mass is 224 g/mol. The van der Waals surface area contributed by atoms with Gasteiger partial charge in [-0.3, -0.25) is 9.35 Å². The van der Waals surface area contributed by atoms with E-state index in [0.29, 0.717) is 0 Å². The number of carbonyl (C=O) groups excluding carboxylic acids is 1. The summed E-state index contributed by atoms with van der Waals surface area (Å²) in [6, 6.07) is 0. The average molecular weight is 224 g/mol. The van der Waals surface area contributed by atoms with Gasteiger partial charge in [-0.05, 0) is 12.5 Å². The van der Waals surface area contributed by atoms with Crippen molar-refractivity contribution in [1.29, 1.82) is 0 Å². The zero-order valence-corrected chi connectivity index (χ0v) is 8.36. The molecule has 0 bridgehead atoms. The van der Waals surface area contributed by atoms with Gasteiger partial charge in [-0.25, -0.2) is 0 Å². The smallest absolute Gasteiger partial charge is 0.267 e. The molecule has 0 heterocycles. The van der Waals surface area contributed by atoms with Crippen LogP contribution < -0.4 is 0 Å². The molecule has 0 aliphatic heterocycles. The van der Waals surface area contributed by atoms with E-state index in [1.54, 1.807) is 0 Å². The predicted octanol–water partition coefficient (Wildman–Crippen LogP) is -1.26. The van der Waals surface area contributed by atoms with Gasteiger partial charge in [-0.2, -0.15) is 8.42 Å². The standard InChI is InChI=1S/C7H12O6S/c1-4(2)6(9)7(10)5(8)3-14(11,12)13/h5,7-8,10H,1,3H2,2H3,(H,11,12,13). The van der Waals surface area contributed by atoms with Crippen LogP contribution in [0, 0.1) is 0 Å². The Hall–Kier alpha value is -0.760. The van der Waals surface area contributed by atoms with Crippen molar-refractivity contribution in [2.45, 2.75) is 19.1 Å². The molecule has 2 atom stereocenters. The summed E-state index contributed by atoms with van der Waals surface area (Å²) in [5.74, 6) is -1.95. The zero-order valence-electron chi connectivity index (χ0n) is 7.54. The van der Waals surface area contributed by atoms with Crippen LogP contribution in [0.5, 0.6) is 0 Å². The Balaban J connectivity index is 4.48. The molecule has 0 aliphatic rings. The van der Waals surface area contributed by atoms with Gasteiger partial charge in [0, 0.05) is 0 Å². The van der Waals surface area contributed by atoms with Crippen molar-refractivity contribution in [2.24, 2.45) is 0 Å². The van der Waals surface area contributed by atoms with Crippen LogP contribution in [0.3, 0.4) is 0 Å². The SMILES string of the molecule is C=C(C)C(=O)C(O)C(O)CS(=O)(=O)O. The van der Waals surface area contributed by atoms with Crippen molar-refractivity contribution in [3.8, 4) is 0 Å². The lowest BCUT2D eigenvalue weighted by molar-refractivity contribution is -0.127. The van der Waals surface area contributed by atoms with Crippen molar-refractivity contribution in [3.63, 3.8) is 0 Å². The molecule has 0 radical (unpaired) electrons. The minimum absolute atomic E-state index is 0.00751. The zero-order chi connectivity index (χ0) is 11.5. The maximum atomic E-state index is 11.0. The first kappa shape index (κ1) is 13.2. The molecule has 7 heteroatoms. The molecule has 0 amide bonds. The topological polar surface area (TPSA) is 112 Å². The van der Waals surface area contributed by atoms with Crippen LogP contribution in [0.1, 0.15) is 6.92 Å². The number of Topliss-reactive ketones (excluding diaryl/α,β-unsaturated/α-hetero) is 1. The molecule has 0 aromatic carbocycles. The van der Waals surface area contributed by atoms with E-state index in [2.05, 4.69) is 6.58 Å². The number of ketones is 1. The van der Waals surface area contributed by atoms with Gasteiger partial charge in [0.25, 0.3) is 10.1 Å². The fourth-order valence-electron chi connectivity index (χ4n) is 0.734. The van der Waals surface area contributed by atoms with E-state index in [4.69, 9.17) is 14.8 Å². The lowest BCUT2D eigenvalue weighted by Gasteiger charge is -2.14. The van der Waals surface area contributed by atoms with Gasteiger partial charge < -0.3 is 10.2 Å². The molecular weight excluding hydrogens is 212 g/mol. The average Bonchev–Trinajstić information content (AvgIpc) is 1.98. The fraction of sp³-hybridized carbons (Fsp3) is 0.571. The van der Waals surface area contributed by atoms with Gasteiger partial charge in [0.15, 0.2) is 5.78 Å². The fourth-order valence-corrected chi connectivity index (χ4v) is 1.35. The Morgan fingerprint density at radius 1 is 1.43 bits per heavy atom. The minimum atomic E-state index is -4.42. The van der Waals surface area contributed by atoms with Crippen molar-refractivity contribution in [2.75, 3.05) is 5.75 Å². The first-order valence-electron chi connectivity index (χ1n) is 3.66. The van der Waals surface area contributed by atoms with Gasteiger partial charge >= 0.3 is 0 Å². The summed E-state index contributed by atoms with van der Waals surface area (Å²) in [4.78, 5) is 11.0. The van der Waals surface area contributed by atoms with E-state index in [1.165, 1.54) is 6.92 Å². The molecule has 14 heavy (non-hydrogen) atoms. The Morgan fingerprint density at radius 3 is 2.14 bits per heavy atom. The second-order valence-corrected chi connectivity index (χ2v) is 4.40. The first-order valence-corrected chi connectivity index (χ1v) is 5.27. The molecule has 2 unspecified atom stereocenters. The Kier molecular flexibility index (Phi) is 4.40. The Morgan fingerprint density at radius 2 is 1.86 bits per heavy atom. The van der Waals surface area contributed by atoms with E-state index in [9.17, 15) is 13.2 Å².